The number of carbonyl (C=O) groups excluding carboxylic acids is 2. The molecule has 122 valence electrons. The van der Waals surface area contributed by atoms with Crippen LogP contribution in [0.2, 0.25) is 0 Å². The van der Waals surface area contributed by atoms with E-state index in [1.54, 1.807) is 12.1 Å². The molecule has 1 aromatic carbocycles. The van der Waals surface area contributed by atoms with Gasteiger partial charge in [-0.1, -0.05) is 29.4 Å². The van der Waals surface area contributed by atoms with E-state index in [0.717, 1.165) is 4.90 Å². The highest BCUT2D eigenvalue weighted by molar-refractivity contribution is 6.34. The van der Waals surface area contributed by atoms with Crippen molar-refractivity contribution in [3.05, 3.63) is 35.7 Å². The van der Waals surface area contributed by atoms with E-state index in [1.807, 2.05) is 0 Å². The predicted octanol–water partition coefficient (Wildman–Crippen LogP) is 1.20. The van der Waals surface area contributed by atoms with Gasteiger partial charge in [-0.15, -0.1) is 0 Å². The maximum Gasteiger partial charge on any atom is 0.471 e. The Morgan fingerprint density at radius 1 is 1.26 bits per heavy atom. The number of amides is 2. The molecule has 0 radical (unpaired) electrons. The number of alkyl halides is 3. The molecule has 1 aromatic heterocycles. The minimum absolute atomic E-state index is 0.113. The Labute approximate surface area is 127 Å². The van der Waals surface area contributed by atoms with Crippen LogP contribution >= 0.6 is 0 Å². The lowest BCUT2D eigenvalue weighted by Crippen LogP contribution is -2.37. The van der Waals surface area contributed by atoms with E-state index >= 15 is 0 Å². The van der Waals surface area contributed by atoms with Crippen molar-refractivity contribution in [1.82, 2.24) is 15.0 Å². The second kappa shape index (κ2) is 6.07. The third kappa shape index (κ3) is 3.84. The van der Waals surface area contributed by atoms with Crippen molar-refractivity contribution in [3.63, 3.8) is 0 Å². The third-order valence-corrected chi connectivity index (χ3v) is 2.86. The number of carbonyl (C=O) groups is 2. The normalized spacial score (nSPS) is 11.3. The number of primary amides is 1. The van der Waals surface area contributed by atoms with Crippen LogP contribution in [-0.2, 0) is 22.3 Å². The van der Waals surface area contributed by atoms with Crippen molar-refractivity contribution in [2.24, 2.45) is 5.73 Å². The summed E-state index contributed by atoms with van der Waals surface area (Å²) in [7, 11) is 1.40. The zero-order valence-corrected chi connectivity index (χ0v) is 11.8. The molecule has 23 heavy (non-hydrogen) atoms. The van der Waals surface area contributed by atoms with Crippen LogP contribution in [0.4, 0.5) is 13.2 Å². The van der Waals surface area contributed by atoms with E-state index in [0.29, 0.717) is 11.1 Å². The highest BCUT2D eigenvalue weighted by Gasteiger charge is 2.38. The van der Waals surface area contributed by atoms with Gasteiger partial charge in [0.25, 0.3) is 0 Å². The van der Waals surface area contributed by atoms with Crippen LogP contribution in [-0.4, -0.2) is 33.9 Å². The van der Waals surface area contributed by atoms with Gasteiger partial charge in [0, 0.05) is 19.2 Å². The number of benzene rings is 1. The van der Waals surface area contributed by atoms with Gasteiger partial charge in [-0.2, -0.15) is 18.2 Å². The molecule has 7 nitrogen and oxygen atoms in total. The first-order chi connectivity index (χ1) is 10.7. The monoisotopic (exact) mass is 328 g/mol. The zero-order valence-electron chi connectivity index (χ0n) is 11.8. The minimum atomic E-state index is -4.71. The van der Waals surface area contributed by atoms with E-state index in [4.69, 9.17) is 5.73 Å². The van der Waals surface area contributed by atoms with Crippen LogP contribution in [0.3, 0.4) is 0 Å². The highest BCUT2D eigenvalue weighted by Crippen LogP contribution is 2.29. The number of rotatable bonds is 3. The lowest BCUT2D eigenvalue weighted by Gasteiger charge is -2.15. The van der Waals surface area contributed by atoms with Crippen molar-refractivity contribution in [2.45, 2.75) is 12.7 Å². The summed E-state index contributed by atoms with van der Waals surface area (Å²) in [6.07, 6.45) is -4.71. The zero-order chi connectivity index (χ0) is 17.2. The van der Waals surface area contributed by atoms with E-state index in [1.165, 1.54) is 19.2 Å². The Hall–Kier alpha value is -2.91. The second-order valence-corrected chi connectivity index (χ2v) is 4.64. The summed E-state index contributed by atoms with van der Waals surface area (Å²) in [6, 6.07) is 6.07. The van der Waals surface area contributed by atoms with Crippen LogP contribution in [0.5, 0.6) is 0 Å². The van der Waals surface area contributed by atoms with Crippen LogP contribution in [0, 0.1) is 0 Å². The van der Waals surface area contributed by atoms with E-state index in [2.05, 4.69) is 14.7 Å². The molecule has 2 amide bonds. The quantitative estimate of drug-likeness (QED) is 0.853. The molecule has 2 rings (SSSR count). The van der Waals surface area contributed by atoms with Gasteiger partial charge >= 0.3 is 23.9 Å². The average molecular weight is 328 g/mol. The van der Waals surface area contributed by atoms with Crippen LogP contribution in [0.15, 0.2) is 28.8 Å². The van der Waals surface area contributed by atoms with Crippen molar-refractivity contribution in [1.29, 1.82) is 0 Å². The molecular weight excluding hydrogens is 317 g/mol. The fourth-order valence-electron chi connectivity index (χ4n) is 1.75. The maximum absolute atomic E-state index is 12.4. The Bertz CT molecular complexity index is 725. The molecular formula is C13H11F3N4O3. The first-order valence-electron chi connectivity index (χ1n) is 6.23. The molecule has 0 saturated heterocycles. The first kappa shape index (κ1) is 16.5. The fourth-order valence-corrected chi connectivity index (χ4v) is 1.75. The summed E-state index contributed by atoms with van der Waals surface area (Å²) >= 11 is 0. The second-order valence-electron chi connectivity index (χ2n) is 4.64. The Kier molecular flexibility index (Phi) is 4.34. The summed E-state index contributed by atoms with van der Waals surface area (Å²) in [6.45, 7) is 0.113. The van der Waals surface area contributed by atoms with Gasteiger partial charge in [-0.05, 0) is 5.56 Å². The van der Waals surface area contributed by atoms with Gasteiger partial charge in [0.1, 0.15) is 0 Å². The highest BCUT2D eigenvalue weighted by atomic mass is 19.4. The molecule has 0 bridgehead atoms. The minimum Gasteiger partial charge on any atom is -0.361 e. The number of halogens is 3. The fraction of sp³-hybridized carbons (Fsp3) is 0.231. The van der Waals surface area contributed by atoms with Gasteiger partial charge in [0.05, 0.1) is 0 Å². The summed E-state index contributed by atoms with van der Waals surface area (Å²) in [5.41, 5.74) is 5.84. The maximum atomic E-state index is 12.4. The van der Waals surface area contributed by atoms with Gasteiger partial charge in [0.15, 0.2) is 0 Å². The van der Waals surface area contributed by atoms with Crippen LogP contribution in [0.1, 0.15) is 11.5 Å². The molecule has 1 heterocycles. The lowest BCUT2D eigenvalue weighted by molar-refractivity contribution is -0.159. The van der Waals surface area contributed by atoms with Gasteiger partial charge in [-0.3, -0.25) is 9.59 Å². The number of nitrogens with zero attached hydrogens (tertiary/aromatic N) is 3. The van der Waals surface area contributed by atoms with E-state index in [9.17, 15) is 22.8 Å². The summed E-state index contributed by atoms with van der Waals surface area (Å²) in [4.78, 5) is 26.5. The summed E-state index contributed by atoms with van der Waals surface area (Å²) in [5, 5.41) is 3.26. The topological polar surface area (TPSA) is 102 Å². The first-order valence-corrected chi connectivity index (χ1v) is 6.23. The SMILES string of the molecule is CN(Cc1ccc(-c2noc(C(F)(F)F)n2)cc1)C(=O)C(N)=O. The predicted molar refractivity (Wildman–Crippen MR) is 70.4 cm³/mol. The van der Waals surface area contributed by atoms with Gasteiger partial charge in [0.2, 0.25) is 5.82 Å². The van der Waals surface area contributed by atoms with Crippen molar-refractivity contribution < 1.29 is 27.3 Å². The average Bonchev–Trinajstić information content (AvgIpc) is 2.97. The Morgan fingerprint density at radius 3 is 2.35 bits per heavy atom. The Morgan fingerprint density at radius 2 is 1.87 bits per heavy atom. The molecule has 0 aliphatic rings. The summed E-state index contributed by atoms with van der Waals surface area (Å²) in [5.74, 6) is -3.55. The lowest BCUT2D eigenvalue weighted by atomic mass is 10.1. The van der Waals surface area contributed by atoms with Crippen molar-refractivity contribution >= 4 is 11.8 Å². The Balaban J connectivity index is 2.12. The van der Waals surface area contributed by atoms with Crippen molar-refractivity contribution in [3.8, 4) is 11.4 Å². The van der Waals surface area contributed by atoms with E-state index < -0.39 is 23.9 Å². The molecule has 0 saturated carbocycles. The molecule has 0 fully saturated rings. The van der Waals surface area contributed by atoms with Gasteiger partial charge in [-0.25, -0.2) is 0 Å². The molecule has 0 aliphatic carbocycles. The largest absolute Gasteiger partial charge is 0.471 e. The van der Waals surface area contributed by atoms with E-state index in [-0.39, 0.29) is 12.4 Å². The summed E-state index contributed by atoms with van der Waals surface area (Å²) < 4.78 is 41.3. The number of likely N-dealkylation sites (N-methyl/N-ethyl adjacent to an activating group) is 1. The van der Waals surface area contributed by atoms with Crippen molar-refractivity contribution in [2.75, 3.05) is 7.05 Å². The molecule has 2 aromatic rings. The molecule has 10 heteroatoms. The third-order valence-electron chi connectivity index (χ3n) is 2.86. The molecule has 0 aliphatic heterocycles. The molecule has 0 unspecified atom stereocenters. The van der Waals surface area contributed by atoms with Crippen LogP contribution < -0.4 is 5.73 Å². The smallest absolute Gasteiger partial charge is 0.361 e. The standard InChI is InChI=1S/C13H11F3N4O3/c1-20(11(22)9(17)21)6-7-2-4-8(5-3-7)10-18-12(23-19-10)13(14,15)16/h2-5H,6H2,1H3,(H2,17,21). The molecule has 0 atom stereocenters. The number of hydrogen-bond donors (Lipinski definition) is 1. The number of nitrogens with two attached hydrogens (primary N) is 1. The van der Waals surface area contributed by atoms with Crippen LogP contribution in [0.25, 0.3) is 11.4 Å². The van der Waals surface area contributed by atoms with Gasteiger partial charge < -0.3 is 15.2 Å². The molecule has 0 spiro atoms. The number of hydrogen-bond acceptors (Lipinski definition) is 5. The molecule has 2 N–H and O–H groups in total. The number of aromatic nitrogens is 2.